The first-order valence-electron chi connectivity index (χ1n) is 3.39. The van der Waals surface area contributed by atoms with Gasteiger partial charge in [-0.25, -0.2) is 0 Å². The summed E-state index contributed by atoms with van der Waals surface area (Å²) >= 11 is 0. The smallest absolute Gasteiger partial charge is 0.221 e. The summed E-state index contributed by atoms with van der Waals surface area (Å²) in [5.41, 5.74) is 0.292. The van der Waals surface area contributed by atoms with Crippen molar-refractivity contribution in [1.82, 2.24) is 0 Å². The number of rotatable bonds is 1. The highest BCUT2D eigenvalue weighted by molar-refractivity contribution is 5.90. The van der Waals surface area contributed by atoms with Crippen molar-refractivity contribution in [2.45, 2.75) is 6.92 Å². The molecule has 0 unspecified atom stereocenters. The number of carbonyl (C=O) groups excluding carboxylic acids is 1. The van der Waals surface area contributed by atoms with Gasteiger partial charge in [0.05, 0.1) is 5.69 Å². The van der Waals surface area contributed by atoms with Crippen LogP contribution in [0.5, 0.6) is 11.5 Å². The van der Waals surface area contributed by atoms with E-state index in [9.17, 15) is 4.79 Å². The Bertz CT molecular complexity index is 309. The molecule has 1 aromatic carbocycles. The average molecular weight is 167 g/mol. The van der Waals surface area contributed by atoms with Crippen molar-refractivity contribution in [2.24, 2.45) is 0 Å². The predicted molar refractivity (Wildman–Crippen MR) is 44.1 cm³/mol. The van der Waals surface area contributed by atoms with E-state index in [0.717, 1.165) is 6.07 Å². The summed E-state index contributed by atoms with van der Waals surface area (Å²) in [7, 11) is 0. The summed E-state index contributed by atoms with van der Waals surface area (Å²) in [6, 6.07) is 3.96. The molecule has 0 atom stereocenters. The molecular weight excluding hydrogens is 158 g/mol. The van der Waals surface area contributed by atoms with Crippen molar-refractivity contribution in [1.29, 1.82) is 0 Å². The number of hydrogen-bond acceptors (Lipinski definition) is 3. The molecule has 0 radical (unpaired) electrons. The van der Waals surface area contributed by atoms with E-state index in [2.05, 4.69) is 5.32 Å². The Morgan fingerprint density at radius 3 is 2.58 bits per heavy atom. The molecule has 3 N–H and O–H groups in total. The molecule has 0 saturated heterocycles. The number of amides is 1. The highest BCUT2D eigenvalue weighted by Crippen LogP contribution is 2.26. The van der Waals surface area contributed by atoms with Crippen LogP contribution in [-0.4, -0.2) is 16.1 Å². The number of benzene rings is 1. The van der Waals surface area contributed by atoms with E-state index in [0.29, 0.717) is 5.69 Å². The van der Waals surface area contributed by atoms with E-state index < -0.39 is 0 Å². The van der Waals surface area contributed by atoms with E-state index in [1.54, 1.807) is 0 Å². The Hall–Kier alpha value is -1.71. The molecule has 0 fully saturated rings. The third-order valence-corrected chi connectivity index (χ3v) is 1.29. The lowest BCUT2D eigenvalue weighted by atomic mass is 10.3. The SMILES string of the molecule is CC(=O)Nc1ccc(O)cc1O. The van der Waals surface area contributed by atoms with Crippen molar-refractivity contribution in [3.8, 4) is 11.5 Å². The third-order valence-electron chi connectivity index (χ3n) is 1.29. The van der Waals surface area contributed by atoms with Gasteiger partial charge in [0.1, 0.15) is 11.5 Å². The van der Waals surface area contributed by atoms with Crippen LogP contribution in [0.3, 0.4) is 0 Å². The molecule has 4 heteroatoms. The third kappa shape index (κ3) is 1.88. The fraction of sp³-hybridized carbons (Fsp3) is 0.125. The molecular formula is C8H9NO3. The summed E-state index contributed by atoms with van der Waals surface area (Å²) in [5, 5.41) is 20.5. The molecule has 1 aromatic rings. The van der Waals surface area contributed by atoms with Crippen LogP contribution in [0.4, 0.5) is 5.69 Å². The Balaban J connectivity index is 2.93. The first-order valence-corrected chi connectivity index (χ1v) is 3.39. The number of anilines is 1. The standard InChI is InChI=1S/C8H9NO3/c1-5(10)9-7-3-2-6(11)4-8(7)12/h2-4,11-12H,1H3,(H,9,10). The molecule has 0 bridgehead atoms. The van der Waals surface area contributed by atoms with Crippen LogP contribution in [0.15, 0.2) is 18.2 Å². The van der Waals surface area contributed by atoms with Crippen LogP contribution >= 0.6 is 0 Å². The zero-order chi connectivity index (χ0) is 9.14. The molecule has 0 aliphatic carbocycles. The lowest BCUT2D eigenvalue weighted by molar-refractivity contribution is -0.114. The quantitative estimate of drug-likeness (QED) is 0.432. The minimum absolute atomic E-state index is 0.0402. The molecule has 0 aliphatic heterocycles. The van der Waals surface area contributed by atoms with E-state index in [4.69, 9.17) is 10.2 Å². The van der Waals surface area contributed by atoms with Crippen LogP contribution in [0.25, 0.3) is 0 Å². The maximum Gasteiger partial charge on any atom is 0.221 e. The second-order valence-electron chi connectivity index (χ2n) is 2.38. The van der Waals surface area contributed by atoms with Crippen LogP contribution in [-0.2, 0) is 4.79 Å². The fourth-order valence-corrected chi connectivity index (χ4v) is 0.815. The largest absolute Gasteiger partial charge is 0.508 e. The monoisotopic (exact) mass is 167 g/mol. The van der Waals surface area contributed by atoms with Gasteiger partial charge in [-0.3, -0.25) is 4.79 Å². The Kier molecular flexibility index (Phi) is 2.19. The molecule has 0 saturated carbocycles. The van der Waals surface area contributed by atoms with Gasteiger partial charge >= 0.3 is 0 Å². The molecule has 12 heavy (non-hydrogen) atoms. The Labute approximate surface area is 69.5 Å². The van der Waals surface area contributed by atoms with Crippen molar-refractivity contribution >= 4 is 11.6 Å². The Morgan fingerprint density at radius 2 is 2.08 bits per heavy atom. The van der Waals surface area contributed by atoms with E-state index in [-0.39, 0.29) is 17.4 Å². The predicted octanol–water partition coefficient (Wildman–Crippen LogP) is 1.06. The summed E-state index contributed by atoms with van der Waals surface area (Å²) in [4.78, 5) is 10.6. The lowest BCUT2D eigenvalue weighted by Crippen LogP contribution is -2.05. The van der Waals surface area contributed by atoms with Crippen molar-refractivity contribution < 1.29 is 15.0 Å². The van der Waals surface area contributed by atoms with Gasteiger partial charge in [0.15, 0.2) is 0 Å². The lowest BCUT2D eigenvalue weighted by Gasteiger charge is -2.04. The minimum Gasteiger partial charge on any atom is -0.508 e. The highest BCUT2D eigenvalue weighted by Gasteiger charge is 2.02. The van der Waals surface area contributed by atoms with Crippen LogP contribution in [0, 0.1) is 0 Å². The van der Waals surface area contributed by atoms with E-state index in [1.807, 2.05) is 0 Å². The minimum atomic E-state index is -0.268. The summed E-state index contributed by atoms with van der Waals surface area (Å²) in [6.07, 6.45) is 0. The zero-order valence-corrected chi connectivity index (χ0v) is 6.53. The summed E-state index contributed by atoms with van der Waals surface area (Å²) in [5.74, 6) is -0.456. The van der Waals surface area contributed by atoms with Crippen LogP contribution in [0.1, 0.15) is 6.92 Å². The van der Waals surface area contributed by atoms with Crippen LogP contribution < -0.4 is 5.32 Å². The van der Waals surface area contributed by atoms with E-state index >= 15 is 0 Å². The first-order chi connectivity index (χ1) is 5.59. The van der Waals surface area contributed by atoms with E-state index in [1.165, 1.54) is 19.1 Å². The van der Waals surface area contributed by atoms with Gasteiger partial charge in [-0.05, 0) is 12.1 Å². The number of phenols is 2. The molecule has 64 valence electrons. The Morgan fingerprint density at radius 1 is 1.42 bits per heavy atom. The zero-order valence-electron chi connectivity index (χ0n) is 6.53. The molecule has 1 rings (SSSR count). The fourth-order valence-electron chi connectivity index (χ4n) is 0.815. The number of phenolic OH excluding ortho intramolecular Hbond substituents is 2. The van der Waals surface area contributed by atoms with Gasteiger partial charge < -0.3 is 15.5 Å². The number of aromatic hydroxyl groups is 2. The van der Waals surface area contributed by atoms with Gasteiger partial charge in [-0.2, -0.15) is 0 Å². The first kappa shape index (κ1) is 8.39. The highest BCUT2D eigenvalue weighted by atomic mass is 16.3. The van der Waals surface area contributed by atoms with Crippen LogP contribution in [0.2, 0.25) is 0 Å². The summed E-state index contributed by atoms with van der Waals surface area (Å²) < 4.78 is 0. The summed E-state index contributed by atoms with van der Waals surface area (Å²) in [6.45, 7) is 1.34. The topological polar surface area (TPSA) is 69.6 Å². The van der Waals surface area contributed by atoms with Gasteiger partial charge in [0, 0.05) is 13.0 Å². The van der Waals surface area contributed by atoms with Gasteiger partial charge in [0.2, 0.25) is 5.91 Å². The maximum absolute atomic E-state index is 10.6. The van der Waals surface area contributed by atoms with Gasteiger partial charge in [-0.1, -0.05) is 0 Å². The van der Waals surface area contributed by atoms with Gasteiger partial charge in [0.25, 0.3) is 0 Å². The molecule has 0 heterocycles. The second kappa shape index (κ2) is 3.13. The van der Waals surface area contributed by atoms with Crippen molar-refractivity contribution in [3.63, 3.8) is 0 Å². The molecule has 0 aromatic heterocycles. The molecule has 0 spiro atoms. The average Bonchev–Trinajstić information content (AvgIpc) is 1.94. The normalized spacial score (nSPS) is 9.42. The van der Waals surface area contributed by atoms with Crippen molar-refractivity contribution in [2.75, 3.05) is 5.32 Å². The molecule has 1 amide bonds. The number of carbonyl (C=O) groups is 1. The molecule has 0 aliphatic rings. The molecule has 4 nitrogen and oxygen atoms in total. The second-order valence-corrected chi connectivity index (χ2v) is 2.38. The number of hydrogen-bond donors (Lipinski definition) is 3. The maximum atomic E-state index is 10.6. The number of nitrogens with one attached hydrogen (secondary N) is 1. The van der Waals surface area contributed by atoms with Crippen molar-refractivity contribution in [3.05, 3.63) is 18.2 Å². The van der Waals surface area contributed by atoms with Gasteiger partial charge in [-0.15, -0.1) is 0 Å².